The number of carboxylic acids is 1. The van der Waals surface area contributed by atoms with Crippen LogP contribution in [0.4, 0.5) is 4.79 Å². The molecule has 0 aromatic carbocycles. The van der Waals surface area contributed by atoms with Crippen LogP contribution in [0.5, 0.6) is 0 Å². The van der Waals surface area contributed by atoms with Crippen LogP contribution >= 0.6 is 0 Å². The fourth-order valence-electron chi connectivity index (χ4n) is 2.61. The molecule has 0 rings (SSSR count). The zero-order valence-corrected chi connectivity index (χ0v) is 19.0. The van der Waals surface area contributed by atoms with Gasteiger partial charge < -0.3 is 25.0 Å². The second kappa shape index (κ2) is 12.1. The summed E-state index contributed by atoms with van der Waals surface area (Å²) < 4.78 is 40.3. The number of rotatable bonds is 13. The number of carboxylic acid groups (broad SMARTS) is 1. The average molecular weight is 456 g/mol. The number of carbonyl (C=O) groups excluding carboxylic acids is 2. The second-order valence-electron chi connectivity index (χ2n) is 7.69. The summed E-state index contributed by atoms with van der Waals surface area (Å²) in [6, 6.07) is 0. The molecular formula is C18H33NO10S. The van der Waals surface area contributed by atoms with Gasteiger partial charge >= 0.3 is 12.1 Å². The molecule has 2 unspecified atom stereocenters. The molecular weight excluding hydrogens is 422 g/mol. The molecule has 12 heteroatoms. The molecule has 0 heterocycles. The van der Waals surface area contributed by atoms with Crippen molar-refractivity contribution < 1.29 is 46.7 Å². The van der Waals surface area contributed by atoms with E-state index in [-0.39, 0.29) is 25.5 Å². The first-order valence-electron chi connectivity index (χ1n) is 9.55. The maximum absolute atomic E-state index is 12.5. The smallest absolute Gasteiger partial charge is 0.479 e. The van der Waals surface area contributed by atoms with Crippen molar-refractivity contribution in [3.8, 4) is 0 Å². The number of carbonyl (C=O) groups is 3. The number of aliphatic hydroxyl groups is 1. The Labute approximate surface area is 177 Å². The second-order valence-corrected chi connectivity index (χ2v) is 9.40. The van der Waals surface area contributed by atoms with Gasteiger partial charge in [0.2, 0.25) is 5.91 Å². The molecule has 0 spiro atoms. The van der Waals surface area contributed by atoms with Crippen molar-refractivity contribution in [1.82, 2.24) is 5.32 Å². The van der Waals surface area contributed by atoms with Gasteiger partial charge in [-0.15, -0.1) is 0 Å². The molecule has 0 aliphatic rings. The summed E-state index contributed by atoms with van der Waals surface area (Å²) in [5.74, 6) is -2.89. The maximum Gasteiger partial charge on any atom is 0.508 e. The molecule has 0 radical (unpaired) electrons. The Kier molecular flexibility index (Phi) is 11.3. The molecule has 0 aromatic rings. The highest BCUT2D eigenvalue weighted by Crippen LogP contribution is 2.35. The lowest BCUT2D eigenvalue weighted by atomic mass is 9.76. The molecule has 3 atom stereocenters. The number of hydrogen-bond donors (Lipinski definition) is 3. The summed E-state index contributed by atoms with van der Waals surface area (Å²) in [5.41, 5.74) is -1.67. The lowest BCUT2D eigenvalue weighted by Crippen LogP contribution is -2.54. The van der Waals surface area contributed by atoms with Gasteiger partial charge in [-0.1, -0.05) is 27.7 Å². The number of hydrogen-bond acceptors (Lipinski definition) is 9. The van der Waals surface area contributed by atoms with Crippen LogP contribution in [0.2, 0.25) is 0 Å². The number of aliphatic hydroxyl groups excluding tert-OH is 1. The van der Waals surface area contributed by atoms with Crippen LogP contribution in [0.15, 0.2) is 0 Å². The van der Waals surface area contributed by atoms with Gasteiger partial charge in [0.15, 0.2) is 6.10 Å². The van der Waals surface area contributed by atoms with Crippen LogP contribution < -0.4 is 5.32 Å². The maximum atomic E-state index is 12.5. The van der Waals surface area contributed by atoms with Crippen molar-refractivity contribution in [1.29, 1.82) is 0 Å². The van der Waals surface area contributed by atoms with Gasteiger partial charge in [-0.2, -0.15) is 8.42 Å². The van der Waals surface area contributed by atoms with Crippen molar-refractivity contribution in [3.63, 3.8) is 0 Å². The average Bonchev–Trinajstić information content (AvgIpc) is 2.60. The van der Waals surface area contributed by atoms with Crippen molar-refractivity contribution in [2.45, 2.75) is 66.3 Å². The Bertz CT molecular complexity index is 689. The third kappa shape index (κ3) is 9.26. The van der Waals surface area contributed by atoms with Crippen LogP contribution in [0, 0.1) is 11.3 Å². The van der Waals surface area contributed by atoms with E-state index in [1.54, 1.807) is 20.8 Å². The van der Waals surface area contributed by atoms with Gasteiger partial charge in [0.05, 0.1) is 12.4 Å². The van der Waals surface area contributed by atoms with Gasteiger partial charge in [0, 0.05) is 18.9 Å². The topological polar surface area (TPSA) is 166 Å². The van der Waals surface area contributed by atoms with E-state index in [1.165, 1.54) is 20.8 Å². The summed E-state index contributed by atoms with van der Waals surface area (Å²) in [6.07, 6.45) is -5.81. The minimum absolute atomic E-state index is 0.0117. The van der Waals surface area contributed by atoms with Gasteiger partial charge in [-0.05, 0) is 19.3 Å². The van der Waals surface area contributed by atoms with Crippen molar-refractivity contribution >= 4 is 28.1 Å². The normalized spacial score (nSPS) is 15.2. The van der Waals surface area contributed by atoms with E-state index in [0.717, 1.165) is 0 Å². The van der Waals surface area contributed by atoms with Crippen molar-refractivity contribution in [3.05, 3.63) is 0 Å². The Balaban J connectivity index is 5.83. The first-order chi connectivity index (χ1) is 13.7. The predicted molar refractivity (Wildman–Crippen MR) is 106 cm³/mol. The first-order valence-corrected chi connectivity index (χ1v) is 11.1. The molecule has 0 aliphatic carbocycles. The molecule has 0 fully saturated rings. The summed E-state index contributed by atoms with van der Waals surface area (Å²) in [6.45, 7) is 8.78. The van der Waals surface area contributed by atoms with Crippen LogP contribution in [0.25, 0.3) is 0 Å². The fourth-order valence-corrected chi connectivity index (χ4v) is 3.87. The Morgan fingerprint density at radius 2 is 1.73 bits per heavy atom. The Hall–Kier alpha value is -1.92. The third-order valence-electron chi connectivity index (χ3n) is 4.32. The van der Waals surface area contributed by atoms with E-state index in [9.17, 15) is 33.0 Å². The SMILES string of the molecule is CCOC(=O)OC(C(C)C)C(OS(=O)(=O)CCCNC(C)=O)C(C)(C)[C@@H](O)C(=O)O. The summed E-state index contributed by atoms with van der Waals surface area (Å²) >= 11 is 0. The summed E-state index contributed by atoms with van der Waals surface area (Å²) in [4.78, 5) is 34.1. The van der Waals surface area contributed by atoms with E-state index in [2.05, 4.69) is 5.32 Å². The monoisotopic (exact) mass is 455 g/mol. The van der Waals surface area contributed by atoms with Crippen LogP contribution in [0.3, 0.4) is 0 Å². The first kappa shape index (κ1) is 28.1. The predicted octanol–water partition coefficient (Wildman–Crippen LogP) is 0.897. The minimum Gasteiger partial charge on any atom is -0.479 e. The van der Waals surface area contributed by atoms with Gasteiger partial charge in [0.25, 0.3) is 10.1 Å². The molecule has 3 N–H and O–H groups in total. The molecule has 0 aliphatic heterocycles. The Morgan fingerprint density at radius 1 is 1.17 bits per heavy atom. The molecule has 0 aromatic heterocycles. The zero-order valence-electron chi connectivity index (χ0n) is 18.2. The molecule has 0 saturated carbocycles. The Morgan fingerprint density at radius 3 is 2.17 bits per heavy atom. The van der Waals surface area contributed by atoms with Gasteiger partial charge in [-0.3, -0.25) is 8.98 Å². The summed E-state index contributed by atoms with van der Waals surface area (Å²) in [7, 11) is -4.24. The third-order valence-corrected chi connectivity index (χ3v) is 5.61. The van der Waals surface area contributed by atoms with E-state index in [1.807, 2.05) is 0 Å². The van der Waals surface area contributed by atoms with Crippen LogP contribution in [-0.4, -0.2) is 73.9 Å². The van der Waals surface area contributed by atoms with Gasteiger partial charge in [-0.25, -0.2) is 9.59 Å². The van der Waals surface area contributed by atoms with E-state index in [0.29, 0.717) is 0 Å². The number of nitrogens with one attached hydrogen (secondary N) is 1. The number of amides is 1. The fraction of sp³-hybridized carbons (Fsp3) is 0.833. The highest BCUT2D eigenvalue weighted by molar-refractivity contribution is 7.86. The molecule has 1 amide bonds. The van der Waals surface area contributed by atoms with Crippen LogP contribution in [0.1, 0.15) is 48.0 Å². The highest BCUT2D eigenvalue weighted by Gasteiger charge is 2.49. The molecule has 0 bridgehead atoms. The molecule has 30 heavy (non-hydrogen) atoms. The lowest BCUT2D eigenvalue weighted by molar-refractivity contribution is -0.164. The molecule has 0 saturated heterocycles. The quantitative estimate of drug-likeness (QED) is 0.206. The van der Waals surface area contributed by atoms with Crippen molar-refractivity contribution in [2.24, 2.45) is 11.3 Å². The van der Waals surface area contributed by atoms with Crippen LogP contribution in [-0.2, 0) is 33.4 Å². The van der Waals surface area contributed by atoms with Crippen molar-refractivity contribution in [2.75, 3.05) is 18.9 Å². The van der Waals surface area contributed by atoms with E-state index < -0.39 is 57.6 Å². The standard InChI is InChI=1S/C18H33NO10S/c1-7-27-17(24)28-13(11(2)3)15(18(5,6)14(21)16(22)23)29-30(25,26)10-8-9-19-12(4)20/h11,13-15,21H,7-10H2,1-6H3,(H,19,20)(H,22,23)/t13?,14-,15?/m0/s1. The number of ether oxygens (including phenoxy) is 2. The zero-order chi connectivity index (χ0) is 23.7. The minimum atomic E-state index is -4.24. The summed E-state index contributed by atoms with van der Waals surface area (Å²) in [5, 5.41) is 21.9. The van der Waals surface area contributed by atoms with E-state index in [4.69, 9.17) is 13.7 Å². The van der Waals surface area contributed by atoms with Gasteiger partial charge in [0.1, 0.15) is 12.2 Å². The van der Waals surface area contributed by atoms with E-state index >= 15 is 0 Å². The lowest BCUT2D eigenvalue weighted by Gasteiger charge is -2.40. The highest BCUT2D eigenvalue weighted by atomic mass is 32.2. The molecule has 11 nitrogen and oxygen atoms in total. The largest absolute Gasteiger partial charge is 0.508 e. The number of aliphatic carboxylic acids is 1. The molecule has 176 valence electrons.